The van der Waals surface area contributed by atoms with E-state index in [0.29, 0.717) is 12.6 Å². The molecular formula is C7H16N2O. The number of rotatable bonds is 6. The highest BCUT2D eigenvalue weighted by Crippen LogP contribution is 2.01. The van der Waals surface area contributed by atoms with Crippen molar-refractivity contribution in [1.29, 1.82) is 0 Å². The Morgan fingerprint density at radius 2 is 2.10 bits per heavy atom. The van der Waals surface area contributed by atoms with Crippen LogP contribution in [0.1, 0.15) is 32.6 Å². The van der Waals surface area contributed by atoms with Gasteiger partial charge in [-0.25, -0.2) is 0 Å². The van der Waals surface area contributed by atoms with Gasteiger partial charge in [-0.3, -0.25) is 0 Å². The molecule has 0 saturated carbocycles. The standard InChI is InChI=1S/C7H16N2O/c1-7(8)5-3-2-4-6-9-10/h7H,2-6,8H2,1H3. The molecular weight excluding hydrogens is 128 g/mol. The second kappa shape index (κ2) is 6.68. The molecule has 0 aliphatic carbocycles. The summed E-state index contributed by atoms with van der Waals surface area (Å²) < 4.78 is 0. The van der Waals surface area contributed by atoms with Crippen molar-refractivity contribution >= 4 is 0 Å². The first-order valence-electron chi connectivity index (χ1n) is 3.82. The van der Waals surface area contributed by atoms with Crippen LogP contribution < -0.4 is 5.73 Å². The van der Waals surface area contributed by atoms with Crippen LogP contribution in [0.4, 0.5) is 0 Å². The van der Waals surface area contributed by atoms with Crippen molar-refractivity contribution < 1.29 is 0 Å². The van der Waals surface area contributed by atoms with Crippen LogP contribution in [0.3, 0.4) is 0 Å². The Hall–Kier alpha value is -0.440. The molecule has 60 valence electrons. The Balaban J connectivity index is 2.83. The third kappa shape index (κ3) is 7.56. The van der Waals surface area contributed by atoms with Crippen LogP contribution in [0.25, 0.3) is 0 Å². The van der Waals surface area contributed by atoms with E-state index in [-0.39, 0.29) is 0 Å². The van der Waals surface area contributed by atoms with Crippen LogP contribution in [0.15, 0.2) is 5.18 Å². The van der Waals surface area contributed by atoms with E-state index in [4.69, 9.17) is 5.73 Å². The molecule has 10 heavy (non-hydrogen) atoms. The molecule has 0 spiro atoms. The average molecular weight is 144 g/mol. The lowest BCUT2D eigenvalue weighted by Gasteiger charge is -2.01. The van der Waals surface area contributed by atoms with Gasteiger partial charge in [0, 0.05) is 6.04 Å². The lowest BCUT2D eigenvalue weighted by atomic mass is 10.1. The van der Waals surface area contributed by atoms with Crippen molar-refractivity contribution in [3.63, 3.8) is 0 Å². The molecule has 0 bridgehead atoms. The maximum Gasteiger partial charge on any atom is 0.0811 e. The maximum atomic E-state index is 9.63. The van der Waals surface area contributed by atoms with E-state index >= 15 is 0 Å². The van der Waals surface area contributed by atoms with Gasteiger partial charge in [0.15, 0.2) is 0 Å². The van der Waals surface area contributed by atoms with Gasteiger partial charge < -0.3 is 5.73 Å². The molecule has 0 aromatic rings. The fourth-order valence-corrected chi connectivity index (χ4v) is 0.819. The smallest absolute Gasteiger partial charge is 0.0811 e. The molecule has 0 saturated heterocycles. The van der Waals surface area contributed by atoms with Gasteiger partial charge in [0.2, 0.25) is 0 Å². The van der Waals surface area contributed by atoms with Crippen LogP contribution in [0.5, 0.6) is 0 Å². The van der Waals surface area contributed by atoms with Crippen molar-refractivity contribution in [2.24, 2.45) is 10.9 Å². The molecule has 0 aliphatic heterocycles. The lowest BCUT2D eigenvalue weighted by Crippen LogP contribution is -2.13. The molecule has 0 rings (SSSR count). The summed E-state index contributed by atoms with van der Waals surface area (Å²) in [5.74, 6) is 0. The number of nitrogens with two attached hydrogens (primary N) is 1. The minimum Gasteiger partial charge on any atom is -0.328 e. The minimum absolute atomic E-state index is 0.296. The third-order valence-corrected chi connectivity index (χ3v) is 1.41. The summed E-state index contributed by atoms with van der Waals surface area (Å²) in [5, 5.41) is 2.77. The highest BCUT2D eigenvalue weighted by molar-refractivity contribution is 4.53. The van der Waals surface area contributed by atoms with Crippen molar-refractivity contribution in [1.82, 2.24) is 0 Å². The normalized spacial score (nSPS) is 13.0. The monoisotopic (exact) mass is 144 g/mol. The Bertz CT molecular complexity index is 83.7. The summed E-state index contributed by atoms with van der Waals surface area (Å²) in [7, 11) is 0. The summed E-state index contributed by atoms with van der Waals surface area (Å²) in [6, 6.07) is 0.296. The van der Waals surface area contributed by atoms with E-state index in [0.717, 1.165) is 25.7 Å². The van der Waals surface area contributed by atoms with Gasteiger partial charge in [0.1, 0.15) is 0 Å². The van der Waals surface area contributed by atoms with E-state index in [1.54, 1.807) is 0 Å². The van der Waals surface area contributed by atoms with Crippen LogP contribution in [-0.2, 0) is 0 Å². The fourth-order valence-electron chi connectivity index (χ4n) is 0.819. The second-order valence-electron chi connectivity index (χ2n) is 2.68. The summed E-state index contributed by atoms with van der Waals surface area (Å²) in [6.07, 6.45) is 4.16. The van der Waals surface area contributed by atoms with E-state index in [9.17, 15) is 4.91 Å². The lowest BCUT2D eigenvalue weighted by molar-refractivity contribution is 0.582. The van der Waals surface area contributed by atoms with Gasteiger partial charge in [-0.2, -0.15) is 4.91 Å². The van der Waals surface area contributed by atoms with Crippen molar-refractivity contribution in [3.05, 3.63) is 4.91 Å². The topological polar surface area (TPSA) is 55.4 Å². The molecule has 3 heteroatoms. The van der Waals surface area contributed by atoms with Crippen LogP contribution in [-0.4, -0.2) is 12.6 Å². The van der Waals surface area contributed by atoms with Gasteiger partial charge in [-0.05, 0) is 19.8 Å². The van der Waals surface area contributed by atoms with Crippen LogP contribution in [0.2, 0.25) is 0 Å². The molecule has 0 radical (unpaired) electrons. The third-order valence-electron chi connectivity index (χ3n) is 1.41. The molecule has 0 heterocycles. The first-order chi connectivity index (χ1) is 4.77. The second-order valence-corrected chi connectivity index (χ2v) is 2.68. The zero-order valence-corrected chi connectivity index (χ0v) is 6.55. The van der Waals surface area contributed by atoms with Gasteiger partial charge in [0.25, 0.3) is 0 Å². The van der Waals surface area contributed by atoms with Gasteiger partial charge in [-0.1, -0.05) is 18.0 Å². The molecule has 2 N–H and O–H groups in total. The average Bonchev–Trinajstić information content (AvgIpc) is 1.87. The molecule has 0 aromatic heterocycles. The highest BCUT2D eigenvalue weighted by Gasteiger charge is 1.93. The Labute approximate surface area is 62.0 Å². The summed E-state index contributed by atoms with van der Waals surface area (Å²) in [4.78, 5) is 9.63. The van der Waals surface area contributed by atoms with Crippen molar-refractivity contribution in [2.75, 3.05) is 6.54 Å². The molecule has 0 aromatic carbocycles. The maximum absolute atomic E-state index is 9.63. The first-order valence-corrected chi connectivity index (χ1v) is 3.82. The molecule has 1 atom stereocenters. The summed E-state index contributed by atoms with van der Waals surface area (Å²) >= 11 is 0. The van der Waals surface area contributed by atoms with E-state index in [1.165, 1.54) is 0 Å². The van der Waals surface area contributed by atoms with E-state index in [1.807, 2.05) is 6.92 Å². The van der Waals surface area contributed by atoms with Gasteiger partial charge in [0.05, 0.1) is 6.54 Å². The van der Waals surface area contributed by atoms with Crippen molar-refractivity contribution in [3.8, 4) is 0 Å². The van der Waals surface area contributed by atoms with Crippen LogP contribution in [0, 0.1) is 4.91 Å². The number of hydrogen-bond donors (Lipinski definition) is 1. The predicted molar refractivity (Wildman–Crippen MR) is 42.8 cm³/mol. The zero-order chi connectivity index (χ0) is 7.82. The quantitative estimate of drug-likeness (QED) is 0.455. The first kappa shape index (κ1) is 9.56. The van der Waals surface area contributed by atoms with Crippen LogP contribution >= 0.6 is 0 Å². The molecule has 3 nitrogen and oxygen atoms in total. The Morgan fingerprint density at radius 1 is 1.40 bits per heavy atom. The highest BCUT2D eigenvalue weighted by atomic mass is 16.3. The number of nitroso groups, excluding NO2 is 1. The molecule has 1 unspecified atom stereocenters. The number of unbranched alkanes of at least 4 members (excludes halogenated alkanes) is 2. The largest absolute Gasteiger partial charge is 0.328 e. The van der Waals surface area contributed by atoms with Gasteiger partial charge in [-0.15, -0.1) is 0 Å². The van der Waals surface area contributed by atoms with E-state index in [2.05, 4.69) is 5.18 Å². The Kier molecular flexibility index (Phi) is 6.38. The Morgan fingerprint density at radius 3 is 2.60 bits per heavy atom. The zero-order valence-electron chi connectivity index (χ0n) is 6.55. The fraction of sp³-hybridized carbons (Fsp3) is 1.00. The SMILES string of the molecule is CC(N)CCCCCN=O. The number of nitrogens with zero attached hydrogens (tertiary/aromatic N) is 1. The predicted octanol–water partition coefficient (Wildman–Crippen LogP) is 1.66. The summed E-state index contributed by atoms with van der Waals surface area (Å²) in [5.41, 5.74) is 5.52. The van der Waals surface area contributed by atoms with E-state index < -0.39 is 0 Å². The van der Waals surface area contributed by atoms with Crippen molar-refractivity contribution in [2.45, 2.75) is 38.6 Å². The summed E-state index contributed by atoms with van der Waals surface area (Å²) in [6.45, 7) is 2.46. The minimum atomic E-state index is 0.296. The molecule has 0 fully saturated rings. The van der Waals surface area contributed by atoms with Gasteiger partial charge >= 0.3 is 0 Å². The number of hydrogen-bond acceptors (Lipinski definition) is 3. The molecule has 0 amide bonds. The molecule has 0 aliphatic rings.